The Hall–Kier alpha value is -3.96. The number of amides is 1. The molecule has 0 fully saturated rings. The van der Waals surface area contributed by atoms with Gasteiger partial charge in [0.1, 0.15) is 5.69 Å². The molecule has 3 heterocycles. The van der Waals surface area contributed by atoms with Gasteiger partial charge in [-0.15, -0.1) is 5.10 Å². The standard InChI is InChI=1S/C20H18F3N7O2/c21-20(22,23)18-6-1-12(9-24-18)7-14(26-19(31)32)2-3-15-11-30(29-27-15)16-4-5-17-13(8-16)10-25-28-17/h1,4-6,8-11,14,26H,2-3,7H2,(H,25,28)(H,31,32). The van der Waals surface area contributed by atoms with Crippen molar-refractivity contribution in [2.24, 2.45) is 0 Å². The highest BCUT2D eigenvalue weighted by atomic mass is 19.4. The van der Waals surface area contributed by atoms with E-state index in [1.165, 1.54) is 6.07 Å². The summed E-state index contributed by atoms with van der Waals surface area (Å²) in [6, 6.07) is 7.31. The number of hydrogen-bond acceptors (Lipinski definition) is 5. The summed E-state index contributed by atoms with van der Waals surface area (Å²) in [6.07, 6.45) is -0.171. The zero-order valence-electron chi connectivity index (χ0n) is 16.5. The summed E-state index contributed by atoms with van der Waals surface area (Å²) in [7, 11) is 0. The van der Waals surface area contributed by atoms with Crippen LogP contribution in [0.4, 0.5) is 18.0 Å². The smallest absolute Gasteiger partial charge is 0.433 e. The molecule has 0 spiro atoms. The molecule has 0 saturated carbocycles. The van der Waals surface area contributed by atoms with Crippen LogP contribution < -0.4 is 5.32 Å². The molecule has 1 unspecified atom stereocenters. The number of halogens is 3. The number of H-pyrrole nitrogens is 1. The third-order valence-electron chi connectivity index (χ3n) is 4.90. The number of rotatable bonds is 7. The van der Waals surface area contributed by atoms with Gasteiger partial charge in [-0.1, -0.05) is 11.3 Å². The van der Waals surface area contributed by atoms with Crippen molar-refractivity contribution >= 4 is 17.0 Å². The molecule has 0 bridgehead atoms. The van der Waals surface area contributed by atoms with Crippen LogP contribution in [-0.4, -0.2) is 47.4 Å². The molecule has 4 aromatic rings. The van der Waals surface area contributed by atoms with Gasteiger partial charge in [0.15, 0.2) is 0 Å². The average molecular weight is 445 g/mol. The van der Waals surface area contributed by atoms with Crippen molar-refractivity contribution < 1.29 is 23.1 Å². The van der Waals surface area contributed by atoms with Crippen LogP contribution in [0.3, 0.4) is 0 Å². The summed E-state index contributed by atoms with van der Waals surface area (Å²) < 4.78 is 39.6. The first-order valence-electron chi connectivity index (χ1n) is 9.64. The molecule has 1 aromatic carbocycles. The second-order valence-corrected chi connectivity index (χ2v) is 7.23. The number of carbonyl (C=O) groups is 1. The third kappa shape index (κ3) is 5.02. The molecule has 1 atom stereocenters. The lowest BCUT2D eigenvalue weighted by molar-refractivity contribution is -0.141. The van der Waals surface area contributed by atoms with Crippen molar-refractivity contribution in [1.82, 2.24) is 35.5 Å². The van der Waals surface area contributed by atoms with E-state index in [0.29, 0.717) is 24.1 Å². The molecular weight excluding hydrogens is 427 g/mol. The van der Waals surface area contributed by atoms with Gasteiger partial charge in [0.25, 0.3) is 0 Å². The largest absolute Gasteiger partial charge is 0.465 e. The second-order valence-electron chi connectivity index (χ2n) is 7.23. The maximum Gasteiger partial charge on any atom is 0.433 e. The van der Waals surface area contributed by atoms with Crippen LogP contribution in [0.15, 0.2) is 48.9 Å². The molecule has 0 saturated heterocycles. The van der Waals surface area contributed by atoms with Crippen molar-refractivity contribution in [3.63, 3.8) is 0 Å². The van der Waals surface area contributed by atoms with Crippen LogP contribution in [-0.2, 0) is 19.0 Å². The predicted molar refractivity (Wildman–Crippen MR) is 107 cm³/mol. The van der Waals surface area contributed by atoms with Crippen LogP contribution in [0.1, 0.15) is 23.4 Å². The lowest BCUT2D eigenvalue weighted by Gasteiger charge is -2.16. The molecular formula is C20H18F3N7O2. The summed E-state index contributed by atoms with van der Waals surface area (Å²) in [5, 5.41) is 27.5. The minimum absolute atomic E-state index is 0.197. The quantitative estimate of drug-likeness (QED) is 0.401. The summed E-state index contributed by atoms with van der Waals surface area (Å²) in [5.41, 5.74) is 1.85. The number of alkyl halides is 3. The summed E-state index contributed by atoms with van der Waals surface area (Å²) in [4.78, 5) is 14.6. The first-order chi connectivity index (χ1) is 15.3. The SMILES string of the molecule is O=C(O)NC(CCc1cn(-c2ccc3[nH]ncc3c2)nn1)Cc1ccc(C(F)(F)F)nc1. The van der Waals surface area contributed by atoms with Crippen LogP contribution in [0.25, 0.3) is 16.6 Å². The molecule has 0 aliphatic carbocycles. The Morgan fingerprint density at radius 1 is 1.22 bits per heavy atom. The molecule has 9 nitrogen and oxygen atoms in total. The molecule has 0 radical (unpaired) electrons. The molecule has 3 aromatic heterocycles. The minimum atomic E-state index is -4.52. The number of nitrogens with zero attached hydrogens (tertiary/aromatic N) is 5. The van der Waals surface area contributed by atoms with E-state index in [0.717, 1.165) is 28.9 Å². The van der Waals surface area contributed by atoms with Crippen LogP contribution >= 0.6 is 0 Å². The highest BCUT2D eigenvalue weighted by Gasteiger charge is 2.32. The van der Waals surface area contributed by atoms with E-state index in [2.05, 4.69) is 30.8 Å². The fraction of sp³-hybridized carbons (Fsp3) is 0.250. The number of aromatic nitrogens is 6. The number of carboxylic acid groups (broad SMARTS) is 1. The van der Waals surface area contributed by atoms with E-state index in [9.17, 15) is 18.0 Å². The first kappa shape index (κ1) is 21.3. The van der Waals surface area contributed by atoms with Gasteiger partial charge in [-0.25, -0.2) is 9.48 Å². The Kier molecular flexibility index (Phi) is 5.75. The van der Waals surface area contributed by atoms with E-state index in [1.807, 2.05) is 18.2 Å². The highest BCUT2D eigenvalue weighted by molar-refractivity contribution is 5.80. The summed E-state index contributed by atoms with van der Waals surface area (Å²) in [5.74, 6) is 0. The van der Waals surface area contributed by atoms with Gasteiger partial charge >= 0.3 is 12.3 Å². The van der Waals surface area contributed by atoms with Gasteiger partial charge in [0.05, 0.1) is 29.3 Å². The van der Waals surface area contributed by atoms with Crippen molar-refractivity contribution in [3.8, 4) is 5.69 Å². The maximum absolute atomic E-state index is 12.7. The molecule has 0 aliphatic heterocycles. The normalized spacial score (nSPS) is 12.7. The number of nitrogens with one attached hydrogen (secondary N) is 2. The van der Waals surface area contributed by atoms with Gasteiger partial charge in [0.2, 0.25) is 0 Å². The Morgan fingerprint density at radius 2 is 2.06 bits per heavy atom. The van der Waals surface area contributed by atoms with Gasteiger partial charge < -0.3 is 10.4 Å². The average Bonchev–Trinajstić information content (AvgIpc) is 3.40. The number of aryl methyl sites for hydroxylation is 1. The van der Waals surface area contributed by atoms with E-state index in [1.54, 1.807) is 17.1 Å². The molecule has 32 heavy (non-hydrogen) atoms. The van der Waals surface area contributed by atoms with Gasteiger partial charge in [-0.05, 0) is 49.1 Å². The zero-order chi connectivity index (χ0) is 22.7. The van der Waals surface area contributed by atoms with Crippen LogP contribution in [0.2, 0.25) is 0 Å². The van der Waals surface area contributed by atoms with Crippen LogP contribution in [0.5, 0.6) is 0 Å². The zero-order valence-corrected chi connectivity index (χ0v) is 16.5. The minimum Gasteiger partial charge on any atom is -0.465 e. The first-order valence-corrected chi connectivity index (χ1v) is 9.64. The van der Waals surface area contributed by atoms with Crippen molar-refractivity contribution in [3.05, 3.63) is 65.9 Å². The van der Waals surface area contributed by atoms with E-state index >= 15 is 0 Å². The van der Waals surface area contributed by atoms with Gasteiger partial charge in [-0.3, -0.25) is 10.1 Å². The lowest BCUT2D eigenvalue weighted by atomic mass is 10.0. The van der Waals surface area contributed by atoms with Crippen LogP contribution in [0, 0.1) is 0 Å². The number of hydrogen-bond donors (Lipinski definition) is 3. The number of pyridine rings is 1. The topological polar surface area (TPSA) is 122 Å². The Balaban J connectivity index is 1.42. The van der Waals surface area contributed by atoms with Crippen molar-refractivity contribution in [2.45, 2.75) is 31.5 Å². The Bertz CT molecular complexity index is 1220. The molecule has 0 aliphatic rings. The van der Waals surface area contributed by atoms with Crippen molar-refractivity contribution in [1.29, 1.82) is 0 Å². The molecule has 166 valence electrons. The van der Waals surface area contributed by atoms with E-state index < -0.39 is 24.0 Å². The fourth-order valence-electron chi connectivity index (χ4n) is 3.33. The maximum atomic E-state index is 12.7. The summed E-state index contributed by atoms with van der Waals surface area (Å²) in [6.45, 7) is 0. The number of benzene rings is 1. The van der Waals surface area contributed by atoms with E-state index in [-0.39, 0.29) is 6.42 Å². The van der Waals surface area contributed by atoms with E-state index in [4.69, 9.17) is 5.11 Å². The monoisotopic (exact) mass is 445 g/mol. The lowest BCUT2D eigenvalue weighted by Crippen LogP contribution is -2.35. The van der Waals surface area contributed by atoms with Crippen molar-refractivity contribution in [2.75, 3.05) is 0 Å². The van der Waals surface area contributed by atoms with Gasteiger partial charge in [-0.2, -0.15) is 18.3 Å². The molecule has 3 N–H and O–H groups in total. The number of fused-ring (bicyclic) bond motifs is 1. The molecule has 4 rings (SSSR count). The second kappa shape index (κ2) is 8.65. The highest BCUT2D eigenvalue weighted by Crippen LogP contribution is 2.27. The summed E-state index contributed by atoms with van der Waals surface area (Å²) >= 11 is 0. The molecule has 12 heteroatoms. The third-order valence-corrected chi connectivity index (χ3v) is 4.90. The Labute approximate surface area is 179 Å². The molecule has 1 amide bonds. The Morgan fingerprint density at radius 3 is 2.78 bits per heavy atom. The van der Waals surface area contributed by atoms with Gasteiger partial charge in [0, 0.05) is 17.6 Å². The fourth-order valence-corrected chi connectivity index (χ4v) is 3.33. The predicted octanol–water partition coefficient (Wildman–Crippen LogP) is 3.37. The number of aromatic amines is 1.